The summed E-state index contributed by atoms with van der Waals surface area (Å²) >= 11 is 0. The van der Waals surface area contributed by atoms with Crippen LogP contribution in [0.5, 0.6) is 0 Å². The van der Waals surface area contributed by atoms with E-state index in [-0.39, 0.29) is 0 Å². The van der Waals surface area contributed by atoms with Crippen molar-refractivity contribution in [1.82, 2.24) is 10.2 Å². The number of morpholine rings is 1. The van der Waals surface area contributed by atoms with E-state index in [1.165, 1.54) is 38.8 Å². The summed E-state index contributed by atoms with van der Waals surface area (Å²) in [4.78, 5) is 2.55. The topological polar surface area (TPSA) is 24.5 Å². The average molecular weight is 212 g/mol. The maximum absolute atomic E-state index is 5.56. The lowest BCUT2D eigenvalue weighted by molar-refractivity contribution is -0.0210. The monoisotopic (exact) mass is 212 g/mol. The van der Waals surface area contributed by atoms with E-state index in [0.29, 0.717) is 6.10 Å². The van der Waals surface area contributed by atoms with Crippen LogP contribution in [0.2, 0.25) is 0 Å². The number of ether oxygens (including phenoxy) is 1. The summed E-state index contributed by atoms with van der Waals surface area (Å²) in [6.07, 6.45) is 5.94. The van der Waals surface area contributed by atoms with Gasteiger partial charge in [-0.1, -0.05) is 12.8 Å². The predicted molar refractivity (Wildman–Crippen MR) is 62.1 cm³/mol. The molecule has 2 atom stereocenters. The first-order chi connectivity index (χ1) is 7.34. The third-order valence-corrected chi connectivity index (χ3v) is 3.47. The van der Waals surface area contributed by atoms with Crippen LogP contribution in [0.1, 0.15) is 32.6 Å². The smallest absolute Gasteiger partial charge is 0.0674 e. The van der Waals surface area contributed by atoms with Gasteiger partial charge in [0.15, 0.2) is 0 Å². The first-order valence-corrected chi connectivity index (χ1v) is 6.42. The van der Waals surface area contributed by atoms with E-state index in [9.17, 15) is 0 Å². The van der Waals surface area contributed by atoms with Crippen LogP contribution in [0.3, 0.4) is 0 Å². The summed E-state index contributed by atoms with van der Waals surface area (Å²) in [5.41, 5.74) is 0. The van der Waals surface area contributed by atoms with Gasteiger partial charge in [-0.15, -0.1) is 0 Å². The molecule has 2 saturated heterocycles. The summed E-state index contributed by atoms with van der Waals surface area (Å²) in [6, 6.07) is 0.720. The van der Waals surface area contributed by atoms with E-state index in [2.05, 4.69) is 17.1 Å². The molecule has 0 aromatic rings. The number of rotatable bonds is 2. The molecule has 15 heavy (non-hydrogen) atoms. The van der Waals surface area contributed by atoms with Gasteiger partial charge in [0.2, 0.25) is 0 Å². The normalized spacial score (nSPS) is 35.0. The lowest BCUT2D eigenvalue weighted by Crippen LogP contribution is -2.47. The van der Waals surface area contributed by atoms with Crippen molar-refractivity contribution in [2.45, 2.75) is 44.8 Å². The van der Waals surface area contributed by atoms with Gasteiger partial charge in [0, 0.05) is 25.7 Å². The van der Waals surface area contributed by atoms with Gasteiger partial charge in [-0.3, -0.25) is 4.90 Å². The van der Waals surface area contributed by atoms with Crippen LogP contribution in [0, 0.1) is 0 Å². The zero-order valence-electron chi connectivity index (χ0n) is 9.87. The van der Waals surface area contributed by atoms with Gasteiger partial charge in [0.05, 0.1) is 12.7 Å². The van der Waals surface area contributed by atoms with Crippen LogP contribution in [-0.4, -0.2) is 49.8 Å². The fourth-order valence-corrected chi connectivity index (χ4v) is 2.62. The maximum Gasteiger partial charge on any atom is 0.0674 e. The highest BCUT2D eigenvalue weighted by Gasteiger charge is 2.20. The molecule has 3 heteroatoms. The standard InChI is InChI=1S/C12H24N2O/c1-11-9-14(7-8-15-11)10-12-5-3-2-4-6-13-12/h11-13H,2-10H2,1H3. The third kappa shape index (κ3) is 3.74. The van der Waals surface area contributed by atoms with Crippen molar-refractivity contribution in [2.24, 2.45) is 0 Å². The summed E-state index contributed by atoms with van der Waals surface area (Å²) in [5, 5.41) is 3.66. The van der Waals surface area contributed by atoms with Crippen molar-refractivity contribution in [2.75, 3.05) is 32.8 Å². The Morgan fingerprint density at radius 3 is 3.13 bits per heavy atom. The second-order valence-electron chi connectivity index (χ2n) is 4.94. The number of hydrogen-bond acceptors (Lipinski definition) is 3. The minimum absolute atomic E-state index is 0.421. The summed E-state index contributed by atoms with van der Waals surface area (Å²) < 4.78 is 5.56. The van der Waals surface area contributed by atoms with Gasteiger partial charge in [-0.25, -0.2) is 0 Å². The van der Waals surface area contributed by atoms with Gasteiger partial charge in [0.25, 0.3) is 0 Å². The Balaban J connectivity index is 1.74. The Morgan fingerprint density at radius 2 is 2.27 bits per heavy atom. The fraction of sp³-hybridized carbons (Fsp3) is 1.00. The van der Waals surface area contributed by atoms with Crippen molar-refractivity contribution >= 4 is 0 Å². The van der Waals surface area contributed by atoms with Crippen molar-refractivity contribution in [3.63, 3.8) is 0 Å². The minimum Gasteiger partial charge on any atom is -0.376 e. The van der Waals surface area contributed by atoms with Crippen LogP contribution in [0.15, 0.2) is 0 Å². The van der Waals surface area contributed by atoms with Crippen LogP contribution < -0.4 is 5.32 Å². The molecule has 2 heterocycles. The van der Waals surface area contributed by atoms with Gasteiger partial charge < -0.3 is 10.1 Å². The molecule has 0 bridgehead atoms. The van der Waals surface area contributed by atoms with E-state index in [4.69, 9.17) is 4.74 Å². The van der Waals surface area contributed by atoms with Crippen molar-refractivity contribution in [3.8, 4) is 0 Å². The molecular weight excluding hydrogens is 188 g/mol. The van der Waals surface area contributed by atoms with Crippen molar-refractivity contribution in [3.05, 3.63) is 0 Å². The second kappa shape index (κ2) is 5.83. The SMILES string of the molecule is CC1CN(CC2CCCCCN2)CCO1. The highest BCUT2D eigenvalue weighted by atomic mass is 16.5. The summed E-state index contributed by atoms with van der Waals surface area (Å²) in [6.45, 7) is 7.74. The lowest BCUT2D eigenvalue weighted by atomic mass is 10.1. The lowest BCUT2D eigenvalue weighted by Gasteiger charge is -2.33. The second-order valence-corrected chi connectivity index (χ2v) is 4.94. The molecule has 2 aliphatic rings. The molecule has 0 aromatic heterocycles. The highest BCUT2D eigenvalue weighted by Crippen LogP contribution is 2.11. The number of nitrogens with zero attached hydrogens (tertiary/aromatic N) is 1. The molecule has 1 N–H and O–H groups in total. The quantitative estimate of drug-likeness (QED) is 0.745. The third-order valence-electron chi connectivity index (χ3n) is 3.47. The zero-order valence-corrected chi connectivity index (χ0v) is 9.87. The highest BCUT2D eigenvalue weighted by molar-refractivity contribution is 4.77. The van der Waals surface area contributed by atoms with Crippen LogP contribution in [0.4, 0.5) is 0 Å². The Hall–Kier alpha value is -0.120. The van der Waals surface area contributed by atoms with Crippen LogP contribution in [0.25, 0.3) is 0 Å². The number of hydrogen-bond donors (Lipinski definition) is 1. The largest absolute Gasteiger partial charge is 0.376 e. The average Bonchev–Trinajstić information content (AvgIpc) is 2.46. The molecule has 2 rings (SSSR count). The number of nitrogens with one attached hydrogen (secondary N) is 1. The molecule has 0 amide bonds. The molecule has 0 spiro atoms. The van der Waals surface area contributed by atoms with Gasteiger partial charge in [-0.2, -0.15) is 0 Å². The van der Waals surface area contributed by atoms with Crippen LogP contribution >= 0.6 is 0 Å². The summed E-state index contributed by atoms with van der Waals surface area (Å²) in [5.74, 6) is 0. The van der Waals surface area contributed by atoms with Crippen molar-refractivity contribution < 1.29 is 4.74 Å². The zero-order chi connectivity index (χ0) is 10.5. The molecule has 0 aliphatic carbocycles. The molecule has 2 unspecified atom stereocenters. The molecular formula is C12H24N2O. The Morgan fingerprint density at radius 1 is 1.33 bits per heavy atom. The Kier molecular flexibility index (Phi) is 4.42. The molecule has 2 aliphatic heterocycles. The van der Waals surface area contributed by atoms with E-state index in [0.717, 1.165) is 25.7 Å². The predicted octanol–water partition coefficient (Wildman–Crippen LogP) is 1.24. The Bertz CT molecular complexity index is 178. The maximum atomic E-state index is 5.56. The minimum atomic E-state index is 0.421. The van der Waals surface area contributed by atoms with Crippen LogP contribution in [-0.2, 0) is 4.74 Å². The first-order valence-electron chi connectivity index (χ1n) is 6.42. The first kappa shape index (κ1) is 11.4. The van der Waals surface area contributed by atoms with E-state index < -0.39 is 0 Å². The van der Waals surface area contributed by atoms with Gasteiger partial charge >= 0.3 is 0 Å². The summed E-state index contributed by atoms with van der Waals surface area (Å²) in [7, 11) is 0. The van der Waals surface area contributed by atoms with E-state index in [1.54, 1.807) is 0 Å². The molecule has 0 aromatic carbocycles. The van der Waals surface area contributed by atoms with E-state index in [1.807, 2.05) is 0 Å². The molecule has 2 fully saturated rings. The molecule has 88 valence electrons. The van der Waals surface area contributed by atoms with E-state index >= 15 is 0 Å². The van der Waals surface area contributed by atoms with Gasteiger partial charge in [-0.05, 0) is 26.3 Å². The Labute approximate surface area is 93.2 Å². The molecule has 0 saturated carbocycles. The fourth-order valence-electron chi connectivity index (χ4n) is 2.62. The molecule has 0 radical (unpaired) electrons. The molecule has 3 nitrogen and oxygen atoms in total. The van der Waals surface area contributed by atoms with Crippen molar-refractivity contribution in [1.29, 1.82) is 0 Å². The van der Waals surface area contributed by atoms with Gasteiger partial charge in [0.1, 0.15) is 0 Å².